The molecule has 5 nitrogen and oxygen atoms in total. The second kappa shape index (κ2) is 4.90. The topological polar surface area (TPSA) is 58.6 Å². The van der Waals surface area contributed by atoms with E-state index in [9.17, 15) is 8.42 Å². The van der Waals surface area contributed by atoms with Gasteiger partial charge in [0, 0.05) is 32.7 Å². The van der Waals surface area contributed by atoms with E-state index < -0.39 is 10.1 Å². The van der Waals surface area contributed by atoms with Gasteiger partial charge in [-0.05, 0) is 0 Å². The van der Waals surface area contributed by atoms with Gasteiger partial charge in [0.1, 0.15) is 0 Å². The molecule has 0 bridgehead atoms. The van der Waals surface area contributed by atoms with Crippen LogP contribution < -0.4 is 5.32 Å². The van der Waals surface area contributed by atoms with Gasteiger partial charge in [-0.3, -0.25) is 9.08 Å². The van der Waals surface area contributed by atoms with Crippen LogP contribution in [0.3, 0.4) is 0 Å². The van der Waals surface area contributed by atoms with Crippen LogP contribution in [0.25, 0.3) is 0 Å². The third-order valence-corrected chi connectivity index (χ3v) is 2.51. The molecule has 0 amide bonds. The molecule has 1 aliphatic rings. The Kier molecular flexibility index (Phi) is 4.11. The molecule has 0 aliphatic carbocycles. The molecule has 6 heteroatoms. The molecule has 1 N–H and O–H groups in total. The lowest BCUT2D eigenvalue weighted by atomic mass is 10.4. The van der Waals surface area contributed by atoms with Crippen molar-refractivity contribution in [2.24, 2.45) is 0 Å². The fourth-order valence-corrected chi connectivity index (χ4v) is 1.63. The van der Waals surface area contributed by atoms with Gasteiger partial charge in [-0.1, -0.05) is 0 Å². The quantitative estimate of drug-likeness (QED) is 0.592. The van der Waals surface area contributed by atoms with E-state index in [0.29, 0.717) is 6.54 Å². The van der Waals surface area contributed by atoms with Gasteiger partial charge in [0.05, 0.1) is 12.9 Å². The summed E-state index contributed by atoms with van der Waals surface area (Å²) in [6.07, 6.45) is 1.07. The fraction of sp³-hybridized carbons (Fsp3) is 1.00. The van der Waals surface area contributed by atoms with E-state index in [0.717, 1.165) is 32.4 Å². The molecule has 1 saturated heterocycles. The van der Waals surface area contributed by atoms with E-state index in [-0.39, 0.29) is 6.61 Å². The second-order valence-corrected chi connectivity index (χ2v) is 4.76. The average Bonchev–Trinajstić information content (AvgIpc) is 2.04. The van der Waals surface area contributed by atoms with Crippen molar-refractivity contribution >= 4 is 10.1 Å². The summed E-state index contributed by atoms with van der Waals surface area (Å²) >= 11 is 0. The van der Waals surface area contributed by atoms with Crippen molar-refractivity contribution in [1.82, 2.24) is 10.2 Å². The largest absolute Gasteiger partial charge is 0.314 e. The highest BCUT2D eigenvalue weighted by Gasteiger charge is 2.09. The van der Waals surface area contributed by atoms with Crippen LogP contribution in [0.2, 0.25) is 0 Å². The van der Waals surface area contributed by atoms with E-state index in [2.05, 4.69) is 14.4 Å². The Morgan fingerprint density at radius 3 is 2.54 bits per heavy atom. The molecule has 0 aromatic carbocycles. The molecule has 0 aromatic rings. The summed E-state index contributed by atoms with van der Waals surface area (Å²) in [5.41, 5.74) is 0. The molecule has 0 radical (unpaired) electrons. The van der Waals surface area contributed by atoms with Crippen LogP contribution in [0, 0.1) is 0 Å². The minimum Gasteiger partial charge on any atom is -0.314 e. The zero-order valence-electron chi connectivity index (χ0n) is 7.82. The van der Waals surface area contributed by atoms with Crippen LogP contribution in [0.4, 0.5) is 0 Å². The van der Waals surface area contributed by atoms with Crippen LogP contribution in [-0.2, 0) is 14.3 Å². The molecule has 0 saturated carbocycles. The Bertz CT molecular complexity index is 234. The maximum absolute atomic E-state index is 10.6. The third-order valence-electron chi connectivity index (χ3n) is 1.91. The number of hydrogen-bond acceptors (Lipinski definition) is 5. The first kappa shape index (κ1) is 10.9. The zero-order valence-corrected chi connectivity index (χ0v) is 8.64. The standard InChI is InChI=1S/C7H16N2O3S/c1-13(10,11)12-7-6-9-4-2-8-3-5-9/h8H,2-7H2,1H3. The fourth-order valence-electron chi connectivity index (χ4n) is 1.25. The Balaban J connectivity index is 2.11. The molecule has 78 valence electrons. The molecule has 13 heavy (non-hydrogen) atoms. The monoisotopic (exact) mass is 208 g/mol. The predicted octanol–water partition coefficient (Wildman–Crippen LogP) is -1.13. The van der Waals surface area contributed by atoms with Gasteiger partial charge >= 0.3 is 0 Å². The highest BCUT2D eigenvalue weighted by Crippen LogP contribution is 1.93. The predicted molar refractivity (Wildman–Crippen MR) is 50.1 cm³/mol. The number of nitrogens with one attached hydrogen (secondary N) is 1. The van der Waals surface area contributed by atoms with Gasteiger partial charge in [0.2, 0.25) is 0 Å². The zero-order chi connectivity index (χ0) is 9.73. The highest BCUT2D eigenvalue weighted by molar-refractivity contribution is 7.85. The van der Waals surface area contributed by atoms with Crippen molar-refractivity contribution in [3.05, 3.63) is 0 Å². The van der Waals surface area contributed by atoms with Gasteiger partial charge < -0.3 is 5.32 Å². The summed E-state index contributed by atoms with van der Waals surface area (Å²) < 4.78 is 25.9. The van der Waals surface area contributed by atoms with Crippen molar-refractivity contribution in [2.45, 2.75) is 0 Å². The van der Waals surface area contributed by atoms with E-state index in [1.54, 1.807) is 0 Å². The molecule has 1 rings (SSSR count). The van der Waals surface area contributed by atoms with E-state index in [4.69, 9.17) is 0 Å². The van der Waals surface area contributed by atoms with Gasteiger partial charge in [-0.15, -0.1) is 0 Å². The van der Waals surface area contributed by atoms with Crippen molar-refractivity contribution in [3.63, 3.8) is 0 Å². The second-order valence-electron chi connectivity index (χ2n) is 3.12. The first-order valence-electron chi connectivity index (χ1n) is 4.35. The van der Waals surface area contributed by atoms with Gasteiger partial charge in [0.15, 0.2) is 0 Å². The normalized spacial score (nSPS) is 20.4. The van der Waals surface area contributed by atoms with Gasteiger partial charge in [-0.25, -0.2) is 0 Å². The molecule has 1 aliphatic heterocycles. The summed E-state index contributed by atoms with van der Waals surface area (Å²) in [6.45, 7) is 4.82. The summed E-state index contributed by atoms with van der Waals surface area (Å²) in [4.78, 5) is 2.18. The maximum atomic E-state index is 10.6. The summed E-state index contributed by atoms with van der Waals surface area (Å²) in [6, 6.07) is 0. The van der Waals surface area contributed by atoms with E-state index in [1.165, 1.54) is 0 Å². The molecule has 1 heterocycles. The molecule has 0 atom stereocenters. The molecule has 0 spiro atoms. The Hall–Kier alpha value is -0.170. The van der Waals surface area contributed by atoms with Crippen molar-refractivity contribution in [3.8, 4) is 0 Å². The molecule has 0 aromatic heterocycles. The van der Waals surface area contributed by atoms with E-state index in [1.807, 2.05) is 0 Å². The first-order chi connectivity index (χ1) is 6.08. The van der Waals surface area contributed by atoms with Crippen LogP contribution in [-0.4, -0.2) is 58.9 Å². The lowest BCUT2D eigenvalue weighted by Gasteiger charge is -2.26. The van der Waals surface area contributed by atoms with Crippen LogP contribution in [0.1, 0.15) is 0 Å². The number of nitrogens with zero attached hydrogens (tertiary/aromatic N) is 1. The maximum Gasteiger partial charge on any atom is 0.264 e. The van der Waals surface area contributed by atoms with Crippen LogP contribution in [0.15, 0.2) is 0 Å². The summed E-state index contributed by atoms with van der Waals surface area (Å²) in [5.74, 6) is 0. The molecular formula is C7H16N2O3S. The number of hydrogen-bond donors (Lipinski definition) is 1. The summed E-state index contributed by atoms with van der Waals surface area (Å²) in [7, 11) is -3.27. The minimum atomic E-state index is -3.27. The van der Waals surface area contributed by atoms with Crippen LogP contribution in [0.5, 0.6) is 0 Å². The Morgan fingerprint density at radius 2 is 2.00 bits per heavy atom. The lowest BCUT2D eigenvalue weighted by Crippen LogP contribution is -2.44. The smallest absolute Gasteiger partial charge is 0.264 e. The number of piperazine rings is 1. The lowest BCUT2D eigenvalue weighted by molar-refractivity contribution is 0.195. The molecule has 0 unspecified atom stereocenters. The van der Waals surface area contributed by atoms with Crippen molar-refractivity contribution < 1.29 is 12.6 Å². The molecule has 1 fully saturated rings. The van der Waals surface area contributed by atoms with Crippen molar-refractivity contribution in [2.75, 3.05) is 45.6 Å². The Morgan fingerprint density at radius 1 is 1.38 bits per heavy atom. The minimum absolute atomic E-state index is 0.263. The van der Waals surface area contributed by atoms with E-state index >= 15 is 0 Å². The van der Waals surface area contributed by atoms with Gasteiger partial charge in [-0.2, -0.15) is 8.42 Å². The number of rotatable bonds is 4. The first-order valence-corrected chi connectivity index (χ1v) is 6.17. The molecular weight excluding hydrogens is 192 g/mol. The Labute approximate surface area is 79.2 Å². The highest BCUT2D eigenvalue weighted by atomic mass is 32.2. The van der Waals surface area contributed by atoms with Crippen molar-refractivity contribution in [1.29, 1.82) is 0 Å². The average molecular weight is 208 g/mol. The summed E-state index contributed by atoms with van der Waals surface area (Å²) in [5, 5.41) is 3.22. The SMILES string of the molecule is CS(=O)(=O)OCCN1CCNCC1. The van der Waals surface area contributed by atoms with Gasteiger partial charge in [0.25, 0.3) is 10.1 Å². The third kappa shape index (κ3) is 5.20. The van der Waals surface area contributed by atoms with Crippen LogP contribution >= 0.6 is 0 Å².